The van der Waals surface area contributed by atoms with E-state index in [0.29, 0.717) is 17.9 Å². The van der Waals surface area contributed by atoms with Crippen LogP contribution in [0.1, 0.15) is 24.7 Å². The van der Waals surface area contributed by atoms with Gasteiger partial charge in [-0.05, 0) is 32.4 Å². The van der Waals surface area contributed by atoms with Crippen molar-refractivity contribution in [2.75, 3.05) is 6.61 Å². The summed E-state index contributed by atoms with van der Waals surface area (Å²) in [7, 11) is -3.85. The summed E-state index contributed by atoms with van der Waals surface area (Å²) in [6.45, 7) is 5.20. The summed E-state index contributed by atoms with van der Waals surface area (Å²) in [6.07, 6.45) is 0.00862. The Morgan fingerprint density at radius 1 is 1.12 bits per heavy atom. The Bertz CT molecular complexity index is 836. The topological polar surface area (TPSA) is 82.8 Å². The summed E-state index contributed by atoms with van der Waals surface area (Å²) >= 11 is 0. The molecule has 0 amide bonds. The van der Waals surface area contributed by atoms with Gasteiger partial charge in [-0.3, -0.25) is 4.18 Å². The Kier molecular flexibility index (Phi) is 5.80. The van der Waals surface area contributed by atoms with Crippen LogP contribution in [0.15, 0.2) is 50.5 Å². The van der Waals surface area contributed by atoms with Crippen molar-refractivity contribution in [1.82, 2.24) is 0 Å². The molecule has 0 aliphatic heterocycles. The number of hydrogen-bond acceptors (Lipinski definition) is 6. The van der Waals surface area contributed by atoms with Crippen LogP contribution in [0.25, 0.3) is 0 Å². The summed E-state index contributed by atoms with van der Waals surface area (Å²) in [4.78, 5) is 11.4. The van der Waals surface area contributed by atoms with Crippen molar-refractivity contribution in [3.63, 3.8) is 0 Å². The average molecular weight is 352 g/mol. The fourth-order valence-electron chi connectivity index (χ4n) is 2.01. The molecule has 0 N–H and O–H groups in total. The minimum atomic E-state index is -3.85. The predicted molar refractivity (Wildman–Crippen MR) is 88.7 cm³/mol. The van der Waals surface area contributed by atoms with Crippen molar-refractivity contribution in [2.24, 2.45) is 0 Å². The quantitative estimate of drug-likeness (QED) is 0.713. The highest BCUT2D eigenvalue weighted by Crippen LogP contribution is 2.17. The molecule has 1 heterocycles. The van der Waals surface area contributed by atoms with Crippen molar-refractivity contribution in [3.8, 4) is 5.75 Å². The van der Waals surface area contributed by atoms with Gasteiger partial charge in [0.1, 0.15) is 24.2 Å². The van der Waals surface area contributed by atoms with E-state index in [9.17, 15) is 13.2 Å². The molecule has 0 saturated heterocycles. The van der Waals surface area contributed by atoms with Gasteiger partial charge in [-0.15, -0.1) is 0 Å². The summed E-state index contributed by atoms with van der Waals surface area (Å²) in [5, 5.41) is 0. The zero-order chi connectivity index (χ0) is 17.7. The lowest BCUT2D eigenvalue weighted by molar-refractivity contribution is 0.127. The first-order valence-electron chi connectivity index (χ1n) is 7.54. The van der Waals surface area contributed by atoms with E-state index >= 15 is 0 Å². The molecule has 1 aromatic carbocycles. The summed E-state index contributed by atoms with van der Waals surface area (Å²) in [5.74, 6) is 0.743. The van der Waals surface area contributed by atoms with Crippen molar-refractivity contribution >= 4 is 10.1 Å². The molecule has 130 valence electrons. The molecule has 1 atom stereocenters. The van der Waals surface area contributed by atoms with Crippen LogP contribution in [0.3, 0.4) is 0 Å². The molecule has 1 unspecified atom stereocenters. The number of hydrogen-bond donors (Lipinski definition) is 0. The van der Waals surface area contributed by atoms with E-state index in [2.05, 4.69) is 0 Å². The Balaban J connectivity index is 2.05. The molecule has 1 aromatic heterocycles. The highest BCUT2D eigenvalue weighted by Gasteiger charge is 2.19. The number of benzene rings is 1. The maximum atomic E-state index is 12.2. The predicted octanol–water partition coefficient (Wildman–Crippen LogP) is 2.82. The fourth-order valence-corrected chi connectivity index (χ4v) is 2.95. The van der Waals surface area contributed by atoms with Crippen LogP contribution in [-0.4, -0.2) is 21.1 Å². The van der Waals surface area contributed by atoms with Crippen molar-refractivity contribution in [1.29, 1.82) is 0 Å². The Labute approximate surface area is 141 Å². The van der Waals surface area contributed by atoms with Crippen molar-refractivity contribution in [3.05, 3.63) is 58.1 Å². The van der Waals surface area contributed by atoms with Crippen LogP contribution in [0.2, 0.25) is 0 Å². The van der Waals surface area contributed by atoms with Crippen LogP contribution in [0.5, 0.6) is 5.75 Å². The van der Waals surface area contributed by atoms with Gasteiger partial charge in [0.05, 0.1) is 11.0 Å². The number of rotatable bonds is 7. The van der Waals surface area contributed by atoms with Gasteiger partial charge in [0.15, 0.2) is 0 Å². The zero-order valence-corrected chi connectivity index (χ0v) is 14.6. The van der Waals surface area contributed by atoms with E-state index in [4.69, 9.17) is 13.3 Å². The molecule has 0 spiro atoms. The Morgan fingerprint density at radius 3 is 2.38 bits per heavy atom. The van der Waals surface area contributed by atoms with Gasteiger partial charge in [-0.1, -0.05) is 24.6 Å². The van der Waals surface area contributed by atoms with Gasteiger partial charge in [0.2, 0.25) is 0 Å². The van der Waals surface area contributed by atoms with Gasteiger partial charge in [0.25, 0.3) is 10.1 Å². The van der Waals surface area contributed by atoms with Crippen LogP contribution >= 0.6 is 0 Å². The fraction of sp³-hybridized carbons (Fsp3) is 0.353. The monoisotopic (exact) mass is 352 g/mol. The molecule has 2 rings (SSSR count). The highest BCUT2D eigenvalue weighted by atomic mass is 32.2. The van der Waals surface area contributed by atoms with Crippen molar-refractivity contribution in [2.45, 2.75) is 38.2 Å². The molecule has 24 heavy (non-hydrogen) atoms. The number of aryl methyl sites for hydroxylation is 2. The van der Waals surface area contributed by atoms with Gasteiger partial charge in [0, 0.05) is 6.07 Å². The molecular weight excluding hydrogens is 332 g/mol. The third kappa shape index (κ3) is 4.94. The van der Waals surface area contributed by atoms with E-state index in [-0.39, 0.29) is 11.5 Å². The largest absolute Gasteiger partial charge is 0.488 e. The normalized spacial score (nSPS) is 12.8. The van der Waals surface area contributed by atoms with Gasteiger partial charge in [-0.2, -0.15) is 8.42 Å². The van der Waals surface area contributed by atoms with Crippen molar-refractivity contribution < 1.29 is 21.8 Å². The van der Waals surface area contributed by atoms with Crippen LogP contribution in [-0.2, 0) is 14.3 Å². The second-order valence-electron chi connectivity index (χ2n) is 5.42. The van der Waals surface area contributed by atoms with Crippen LogP contribution in [0.4, 0.5) is 0 Å². The molecule has 0 aliphatic carbocycles. The standard InChI is InChI=1S/C17H20O6S/c1-4-14(23-15-9-13(3)22-17(18)10-15)11-21-24(19,20)16-7-5-12(2)6-8-16/h5-10,14H,4,11H2,1-3H3. The molecule has 0 aliphatic rings. The van der Waals surface area contributed by atoms with E-state index < -0.39 is 21.8 Å². The molecular formula is C17H20O6S. The third-order valence-corrected chi connectivity index (χ3v) is 4.64. The van der Waals surface area contributed by atoms with Gasteiger partial charge in [-0.25, -0.2) is 4.79 Å². The van der Waals surface area contributed by atoms with Gasteiger partial charge >= 0.3 is 5.63 Å². The van der Waals surface area contributed by atoms with E-state index in [1.54, 1.807) is 25.1 Å². The summed E-state index contributed by atoms with van der Waals surface area (Å²) < 4.78 is 39.9. The van der Waals surface area contributed by atoms with Crippen LogP contribution in [0, 0.1) is 13.8 Å². The smallest absolute Gasteiger partial charge is 0.339 e. The third-order valence-electron chi connectivity index (χ3n) is 3.34. The molecule has 6 nitrogen and oxygen atoms in total. The minimum absolute atomic E-state index is 0.0964. The zero-order valence-electron chi connectivity index (χ0n) is 13.8. The number of ether oxygens (including phenoxy) is 1. The second kappa shape index (κ2) is 7.63. The Morgan fingerprint density at radius 2 is 1.79 bits per heavy atom. The first-order chi connectivity index (χ1) is 11.3. The summed E-state index contributed by atoms with van der Waals surface area (Å²) in [6, 6.07) is 9.19. The average Bonchev–Trinajstić information content (AvgIpc) is 2.51. The molecule has 0 saturated carbocycles. The van der Waals surface area contributed by atoms with E-state index in [1.165, 1.54) is 18.2 Å². The minimum Gasteiger partial charge on any atom is -0.488 e. The lowest BCUT2D eigenvalue weighted by Gasteiger charge is -2.17. The summed E-state index contributed by atoms with van der Waals surface area (Å²) in [5.41, 5.74) is 0.440. The highest BCUT2D eigenvalue weighted by molar-refractivity contribution is 7.86. The maximum Gasteiger partial charge on any atom is 0.339 e. The van der Waals surface area contributed by atoms with Crippen LogP contribution < -0.4 is 10.4 Å². The van der Waals surface area contributed by atoms with Gasteiger partial charge < -0.3 is 9.15 Å². The lowest BCUT2D eigenvalue weighted by atomic mass is 10.2. The SMILES string of the molecule is CCC(COS(=O)(=O)c1ccc(C)cc1)Oc1cc(C)oc(=O)c1. The Hall–Kier alpha value is -2.12. The molecule has 0 bridgehead atoms. The molecule has 0 fully saturated rings. The maximum absolute atomic E-state index is 12.2. The molecule has 0 radical (unpaired) electrons. The van der Waals surface area contributed by atoms with E-state index in [1.807, 2.05) is 13.8 Å². The first kappa shape index (κ1) is 18.2. The molecule has 7 heteroatoms. The molecule has 2 aromatic rings. The lowest BCUT2D eigenvalue weighted by Crippen LogP contribution is -2.25. The van der Waals surface area contributed by atoms with E-state index in [0.717, 1.165) is 5.56 Å². The first-order valence-corrected chi connectivity index (χ1v) is 8.95. The second-order valence-corrected chi connectivity index (χ2v) is 7.04.